The van der Waals surface area contributed by atoms with Gasteiger partial charge in [-0.3, -0.25) is 4.79 Å². The molecule has 3 rings (SSSR count). The van der Waals surface area contributed by atoms with Gasteiger partial charge in [0.05, 0.1) is 0 Å². The van der Waals surface area contributed by atoms with E-state index in [0.717, 1.165) is 18.7 Å². The van der Waals surface area contributed by atoms with E-state index in [-0.39, 0.29) is 6.42 Å². The fourth-order valence-electron chi connectivity index (χ4n) is 3.35. The highest BCUT2D eigenvalue weighted by Gasteiger charge is 2.13. The van der Waals surface area contributed by atoms with Crippen LogP contribution in [0.2, 0.25) is 0 Å². The predicted octanol–water partition coefficient (Wildman–Crippen LogP) is 6.48. The van der Waals surface area contributed by atoms with Crippen molar-refractivity contribution in [3.63, 3.8) is 0 Å². The number of carboxylic acids is 1. The van der Waals surface area contributed by atoms with Crippen molar-refractivity contribution in [3.05, 3.63) is 102 Å². The van der Waals surface area contributed by atoms with Gasteiger partial charge in [-0.25, -0.2) is 0 Å². The molecule has 174 valence electrons. The quantitative estimate of drug-likeness (QED) is 0.383. The van der Waals surface area contributed by atoms with Crippen molar-refractivity contribution in [3.8, 4) is 5.75 Å². The molecule has 0 bridgehead atoms. The molecule has 3 aromatic carbocycles. The minimum absolute atomic E-state index is 0.222. The van der Waals surface area contributed by atoms with Crippen LogP contribution in [0.25, 0.3) is 11.1 Å². The molecular formula is C29H35NO3. The van der Waals surface area contributed by atoms with Crippen molar-refractivity contribution in [2.45, 2.75) is 26.7 Å². The summed E-state index contributed by atoms with van der Waals surface area (Å²) in [6, 6.07) is 29.8. The second-order valence-corrected chi connectivity index (χ2v) is 7.86. The maximum absolute atomic E-state index is 9.37. The third-order valence-electron chi connectivity index (χ3n) is 5.09. The third kappa shape index (κ3) is 8.59. The van der Waals surface area contributed by atoms with E-state index in [4.69, 9.17) is 9.84 Å². The number of allylic oxidation sites excluding steroid dienone is 1. The van der Waals surface area contributed by atoms with Crippen LogP contribution in [0.1, 0.15) is 43.4 Å². The van der Waals surface area contributed by atoms with Crippen molar-refractivity contribution >= 4 is 17.1 Å². The van der Waals surface area contributed by atoms with Crippen LogP contribution < -0.4 is 4.74 Å². The van der Waals surface area contributed by atoms with Gasteiger partial charge in [-0.15, -0.1) is 0 Å². The minimum Gasteiger partial charge on any atom is -0.492 e. The van der Waals surface area contributed by atoms with Gasteiger partial charge in [-0.05, 0) is 60.5 Å². The molecule has 0 atom stereocenters. The molecule has 0 fully saturated rings. The summed E-state index contributed by atoms with van der Waals surface area (Å²) in [7, 11) is 4.11. The first-order valence-electron chi connectivity index (χ1n) is 11.4. The van der Waals surface area contributed by atoms with Gasteiger partial charge in [0.25, 0.3) is 0 Å². The van der Waals surface area contributed by atoms with Crippen molar-refractivity contribution in [1.82, 2.24) is 4.90 Å². The molecule has 0 unspecified atom stereocenters. The van der Waals surface area contributed by atoms with Crippen LogP contribution in [0, 0.1) is 0 Å². The Morgan fingerprint density at radius 1 is 0.758 bits per heavy atom. The zero-order valence-corrected chi connectivity index (χ0v) is 20.1. The lowest BCUT2D eigenvalue weighted by molar-refractivity contribution is -0.136. The first kappa shape index (κ1) is 25.9. The fraction of sp³-hybridized carbons (Fsp3) is 0.276. The lowest BCUT2D eigenvalue weighted by Gasteiger charge is -2.17. The molecule has 33 heavy (non-hydrogen) atoms. The third-order valence-corrected chi connectivity index (χ3v) is 5.09. The molecular weight excluding hydrogens is 410 g/mol. The summed E-state index contributed by atoms with van der Waals surface area (Å²) in [6.07, 6.45) is 1.19. The number of aliphatic carboxylic acids is 1. The van der Waals surface area contributed by atoms with Crippen LogP contribution in [0.3, 0.4) is 0 Å². The second-order valence-electron chi connectivity index (χ2n) is 7.86. The monoisotopic (exact) mass is 445 g/mol. The number of likely N-dealkylation sites (N-methyl/N-ethyl adjacent to an activating group) is 1. The maximum atomic E-state index is 9.37. The van der Waals surface area contributed by atoms with Gasteiger partial charge in [0.1, 0.15) is 12.4 Å². The molecule has 4 heteroatoms. The van der Waals surface area contributed by atoms with Crippen molar-refractivity contribution < 1.29 is 14.6 Å². The van der Waals surface area contributed by atoms with Crippen molar-refractivity contribution in [1.29, 1.82) is 0 Å². The van der Waals surface area contributed by atoms with E-state index in [2.05, 4.69) is 111 Å². The van der Waals surface area contributed by atoms with Gasteiger partial charge in [0.15, 0.2) is 0 Å². The van der Waals surface area contributed by atoms with Crippen LogP contribution in [-0.2, 0) is 4.79 Å². The number of carbonyl (C=O) groups is 1. The fourth-order valence-corrected chi connectivity index (χ4v) is 3.35. The minimum atomic E-state index is -0.745. The highest BCUT2D eigenvalue weighted by molar-refractivity contribution is 5.98. The Morgan fingerprint density at radius 2 is 1.24 bits per heavy atom. The molecule has 0 aliphatic heterocycles. The van der Waals surface area contributed by atoms with Crippen LogP contribution >= 0.6 is 0 Å². The van der Waals surface area contributed by atoms with Gasteiger partial charge >= 0.3 is 5.97 Å². The van der Waals surface area contributed by atoms with Crippen LogP contribution in [-0.4, -0.2) is 43.2 Å². The first-order chi connectivity index (χ1) is 16.0. The summed E-state index contributed by atoms with van der Waals surface area (Å²) in [5, 5.41) is 7.72. The number of hydrogen-bond donors (Lipinski definition) is 1. The molecule has 4 nitrogen and oxygen atoms in total. The Morgan fingerprint density at radius 3 is 1.70 bits per heavy atom. The molecule has 1 N–H and O–H groups in total. The number of hydrogen-bond acceptors (Lipinski definition) is 3. The molecule has 0 aromatic heterocycles. The molecule has 0 spiro atoms. The average Bonchev–Trinajstić information content (AvgIpc) is 2.84. The summed E-state index contributed by atoms with van der Waals surface area (Å²) in [5.74, 6) is 0.167. The molecule has 0 aliphatic rings. The topological polar surface area (TPSA) is 49.8 Å². The van der Waals surface area contributed by atoms with Crippen LogP contribution in [0.15, 0.2) is 84.9 Å². The highest BCUT2D eigenvalue weighted by atomic mass is 16.5. The van der Waals surface area contributed by atoms with Gasteiger partial charge in [-0.1, -0.05) is 86.6 Å². The van der Waals surface area contributed by atoms with E-state index in [0.29, 0.717) is 6.61 Å². The Balaban J connectivity index is 0.000000696. The second kappa shape index (κ2) is 13.9. The SMILES string of the molecule is CC/C(=C(\c1ccccc1)c1ccc(OCCN(C)C)cc1)c1ccccc1.CCC(=O)O. The number of carboxylic acid groups (broad SMARTS) is 1. The predicted molar refractivity (Wildman–Crippen MR) is 138 cm³/mol. The number of rotatable bonds is 9. The van der Waals surface area contributed by atoms with Gasteiger partial charge in [0.2, 0.25) is 0 Å². The lowest BCUT2D eigenvalue weighted by Crippen LogP contribution is -2.19. The number of nitrogens with zero attached hydrogens (tertiary/aromatic N) is 1. The molecule has 0 saturated heterocycles. The Hall–Kier alpha value is -3.37. The Labute approximate surface area is 198 Å². The molecule has 0 saturated carbocycles. The van der Waals surface area contributed by atoms with E-state index in [1.165, 1.54) is 27.8 Å². The van der Waals surface area contributed by atoms with Crippen LogP contribution in [0.5, 0.6) is 5.75 Å². The molecule has 0 heterocycles. The summed E-state index contributed by atoms with van der Waals surface area (Å²) < 4.78 is 5.87. The van der Waals surface area contributed by atoms with E-state index in [9.17, 15) is 4.79 Å². The number of benzene rings is 3. The van der Waals surface area contributed by atoms with Crippen molar-refractivity contribution in [2.75, 3.05) is 27.2 Å². The lowest BCUT2D eigenvalue weighted by atomic mass is 9.88. The van der Waals surface area contributed by atoms with Gasteiger partial charge in [-0.2, -0.15) is 0 Å². The van der Waals surface area contributed by atoms with Gasteiger partial charge in [0, 0.05) is 13.0 Å². The zero-order chi connectivity index (χ0) is 24.1. The summed E-state index contributed by atoms with van der Waals surface area (Å²) in [4.78, 5) is 11.5. The smallest absolute Gasteiger partial charge is 0.303 e. The first-order valence-corrected chi connectivity index (χ1v) is 11.4. The van der Waals surface area contributed by atoms with Gasteiger partial charge < -0.3 is 14.7 Å². The Kier molecular flexibility index (Phi) is 10.9. The summed E-state index contributed by atoms with van der Waals surface area (Å²) in [6.45, 7) is 5.43. The molecule has 0 amide bonds. The highest BCUT2D eigenvalue weighted by Crippen LogP contribution is 2.34. The van der Waals surface area contributed by atoms with Crippen LogP contribution in [0.4, 0.5) is 0 Å². The zero-order valence-electron chi connectivity index (χ0n) is 20.1. The standard InChI is InChI=1S/C26H29NO.C3H6O2/c1-4-25(21-11-7-5-8-12-21)26(22-13-9-6-10-14-22)23-15-17-24(18-16-23)28-20-19-27(2)3;1-2-3(4)5/h5-18H,4,19-20H2,1-3H3;2H2,1H3,(H,4,5)/b26-25-;. The summed E-state index contributed by atoms with van der Waals surface area (Å²) in [5.41, 5.74) is 6.37. The summed E-state index contributed by atoms with van der Waals surface area (Å²) >= 11 is 0. The maximum Gasteiger partial charge on any atom is 0.303 e. The molecule has 0 radical (unpaired) electrons. The van der Waals surface area contributed by atoms with E-state index in [1.807, 2.05) is 0 Å². The Bertz CT molecular complexity index is 994. The van der Waals surface area contributed by atoms with E-state index < -0.39 is 5.97 Å². The molecule has 3 aromatic rings. The average molecular weight is 446 g/mol. The largest absolute Gasteiger partial charge is 0.492 e. The molecule has 0 aliphatic carbocycles. The number of ether oxygens (including phenoxy) is 1. The normalized spacial score (nSPS) is 11.3. The van der Waals surface area contributed by atoms with E-state index >= 15 is 0 Å². The van der Waals surface area contributed by atoms with Crippen molar-refractivity contribution in [2.24, 2.45) is 0 Å². The van der Waals surface area contributed by atoms with E-state index in [1.54, 1.807) is 6.92 Å².